The normalized spacial score (nSPS) is 12.2. The number of sulfonamides is 1. The molecule has 214 valence electrons. The topological polar surface area (TPSA) is 86.8 Å². The first kappa shape index (κ1) is 30.9. The van der Waals surface area contributed by atoms with Crippen LogP contribution in [0.3, 0.4) is 0 Å². The summed E-state index contributed by atoms with van der Waals surface area (Å²) in [6.07, 6.45) is 0.530. The second-order valence-electron chi connectivity index (χ2n) is 10.7. The van der Waals surface area contributed by atoms with Gasteiger partial charge >= 0.3 is 0 Å². The quantitative estimate of drug-likeness (QED) is 0.335. The molecule has 0 aliphatic rings. The Balaban J connectivity index is 2.00. The third kappa shape index (κ3) is 7.72. The molecule has 0 spiro atoms. The van der Waals surface area contributed by atoms with Gasteiger partial charge in [0.15, 0.2) is 0 Å². The molecule has 3 rings (SSSR count). The zero-order chi connectivity index (χ0) is 29.4. The van der Waals surface area contributed by atoms with Crippen LogP contribution >= 0.6 is 0 Å². The highest BCUT2D eigenvalue weighted by Gasteiger charge is 2.33. The smallest absolute Gasteiger partial charge is 0.264 e. The fourth-order valence-corrected chi connectivity index (χ4v) is 5.85. The summed E-state index contributed by atoms with van der Waals surface area (Å²) in [6, 6.07) is 20.9. The lowest BCUT2D eigenvalue weighted by molar-refractivity contribution is -0.138. The van der Waals surface area contributed by atoms with Gasteiger partial charge < -0.3 is 10.2 Å². The number of anilines is 1. The number of carbonyl (C=O) groups excluding carboxylic acids is 2. The third-order valence-electron chi connectivity index (χ3n) is 7.07. The van der Waals surface area contributed by atoms with Crippen molar-refractivity contribution in [3.63, 3.8) is 0 Å². The molecule has 7 nitrogen and oxygen atoms in total. The van der Waals surface area contributed by atoms with Gasteiger partial charge in [-0.1, -0.05) is 74.0 Å². The first-order chi connectivity index (χ1) is 18.9. The van der Waals surface area contributed by atoms with Gasteiger partial charge in [0.2, 0.25) is 11.8 Å². The largest absolute Gasteiger partial charge is 0.354 e. The highest BCUT2D eigenvalue weighted by atomic mass is 32.2. The van der Waals surface area contributed by atoms with Gasteiger partial charge in [-0.25, -0.2) is 8.42 Å². The Bertz CT molecular complexity index is 1400. The molecule has 0 unspecified atom stereocenters. The van der Waals surface area contributed by atoms with Crippen LogP contribution in [0.2, 0.25) is 0 Å². The molecule has 0 radical (unpaired) electrons. The van der Waals surface area contributed by atoms with E-state index in [0.29, 0.717) is 18.7 Å². The third-order valence-corrected chi connectivity index (χ3v) is 8.84. The fourth-order valence-electron chi connectivity index (χ4n) is 4.38. The molecule has 40 heavy (non-hydrogen) atoms. The molecule has 3 aromatic rings. The molecule has 3 aromatic carbocycles. The monoisotopic (exact) mass is 563 g/mol. The van der Waals surface area contributed by atoms with Gasteiger partial charge in [-0.05, 0) is 74.9 Å². The summed E-state index contributed by atoms with van der Waals surface area (Å²) in [6.45, 7) is 11.7. The summed E-state index contributed by atoms with van der Waals surface area (Å²) in [5.74, 6) is -0.460. The number of nitrogens with one attached hydrogen (secondary N) is 1. The molecule has 0 saturated carbocycles. The standard InChI is InChI=1S/C32H41N3O4S/c1-23(2)21-33-32(37)27(6)34(20-19-28-12-8-7-9-13-28)31(36)22-35(30-14-10-11-25(4)26(30)5)40(38,39)29-17-15-24(3)16-18-29/h7-18,23,27H,19-22H2,1-6H3,(H,33,37)/t27-/m1/s1. The highest BCUT2D eigenvalue weighted by Crippen LogP contribution is 2.29. The predicted molar refractivity (Wildman–Crippen MR) is 161 cm³/mol. The van der Waals surface area contributed by atoms with Crippen molar-refractivity contribution in [3.8, 4) is 0 Å². The molecule has 1 N–H and O–H groups in total. The average molecular weight is 564 g/mol. The van der Waals surface area contributed by atoms with Crippen molar-refractivity contribution in [1.82, 2.24) is 10.2 Å². The number of amides is 2. The van der Waals surface area contributed by atoms with Crippen molar-refractivity contribution in [2.45, 2.75) is 58.9 Å². The molecule has 0 aromatic heterocycles. The maximum absolute atomic E-state index is 14.0. The van der Waals surface area contributed by atoms with E-state index < -0.39 is 28.5 Å². The van der Waals surface area contributed by atoms with Crippen LogP contribution in [0.1, 0.15) is 43.0 Å². The summed E-state index contributed by atoms with van der Waals surface area (Å²) in [7, 11) is -4.09. The van der Waals surface area contributed by atoms with E-state index >= 15 is 0 Å². The van der Waals surface area contributed by atoms with E-state index in [-0.39, 0.29) is 23.3 Å². The Labute approximate surface area is 239 Å². The van der Waals surface area contributed by atoms with Crippen LogP contribution in [-0.2, 0) is 26.0 Å². The Morgan fingerprint density at radius 2 is 1.50 bits per heavy atom. The number of hydrogen-bond acceptors (Lipinski definition) is 4. The molecule has 0 saturated heterocycles. The molecular weight excluding hydrogens is 522 g/mol. The van der Waals surface area contributed by atoms with Gasteiger partial charge in [-0.15, -0.1) is 0 Å². The summed E-state index contributed by atoms with van der Waals surface area (Å²) in [4.78, 5) is 28.7. The fraction of sp³-hybridized carbons (Fsp3) is 0.375. The van der Waals surface area contributed by atoms with Crippen molar-refractivity contribution >= 4 is 27.5 Å². The van der Waals surface area contributed by atoms with Gasteiger partial charge in [-0.3, -0.25) is 13.9 Å². The molecule has 0 heterocycles. The first-order valence-corrected chi connectivity index (χ1v) is 15.1. The SMILES string of the molecule is Cc1ccc(S(=O)(=O)N(CC(=O)N(CCc2ccccc2)[C@H](C)C(=O)NCC(C)C)c2cccc(C)c2C)cc1. The minimum Gasteiger partial charge on any atom is -0.354 e. The Hall–Kier alpha value is -3.65. The molecule has 2 amide bonds. The van der Waals surface area contributed by atoms with Crippen LogP contribution in [0.5, 0.6) is 0 Å². The minimum atomic E-state index is -4.09. The van der Waals surface area contributed by atoms with E-state index in [1.54, 1.807) is 43.3 Å². The van der Waals surface area contributed by atoms with Crippen molar-refractivity contribution in [1.29, 1.82) is 0 Å². The lowest BCUT2D eigenvalue weighted by Crippen LogP contribution is -2.52. The van der Waals surface area contributed by atoms with Gasteiger partial charge in [0.25, 0.3) is 10.0 Å². The van der Waals surface area contributed by atoms with Gasteiger partial charge in [-0.2, -0.15) is 0 Å². The summed E-state index contributed by atoms with van der Waals surface area (Å²) in [5.41, 5.74) is 4.07. The van der Waals surface area contributed by atoms with E-state index in [1.165, 1.54) is 9.21 Å². The van der Waals surface area contributed by atoms with Crippen LogP contribution in [0.15, 0.2) is 77.7 Å². The molecule has 1 atom stereocenters. The second-order valence-corrected chi connectivity index (χ2v) is 12.5. The van der Waals surface area contributed by atoms with E-state index in [4.69, 9.17) is 0 Å². The summed E-state index contributed by atoms with van der Waals surface area (Å²) >= 11 is 0. The maximum Gasteiger partial charge on any atom is 0.264 e. The van der Waals surface area contributed by atoms with Crippen molar-refractivity contribution in [3.05, 3.63) is 95.1 Å². The number of benzene rings is 3. The van der Waals surface area contributed by atoms with Crippen molar-refractivity contribution < 1.29 is 18.0 Å². The number of aryl methyl sites for hydroxylation is 2. The van der Waals surface area contributed by atoms with Crippen molar-refractivity contribution in [2.24, 2.45) is 5.92 Å². The lowest BCUT2D eigenvalue weighted by Gasteiger charge is -2.32. The molecule has 0 aliphatic heterocycles. The van der Waals surface area contributed by atoms with E-state index in [0.717, 1.165) is 22.3 Å². The number of nitrogens with zero attached hydrogens (tertiary/aromatic N) is 2. The second kappa shape index (κ2) is 13.6. The molecule has 0 fully saturated rings. The number of rotatable bonds is 12. The van der Waals surface area contributed by atoms with Crippen LogP contribution in [0.4, 0.5) is 5.69 Å². The predicted octanol–water partition coefficient (Wildman–Crippen LogP) is 5.04. The van der Waals surface area contributed by atoms with E-state index in [2.05, 4.69) is 5.32 Å². The molecular formula is C32H41N3O4S. The van der Waals surface area contributed by atoms with Gasteiger partial charge in [0, 0.05) is 13.1 Å². The van der Waals surface area contributed by atoms with Crippen LogP contribution < -0.4 is 9.62 Å². The zero-order valence-corrected chi connectivity index (χ0v) is 25.2. The van der Waals surface area contributed by atoms with Gasteiger partial charge in [0.05, 0.1) is 10.6 Å². The Morgan fingerprint density at radius 3 is 2.12 bits per heavy atom. The van der Waals surface area contributed by atoms with Crippen LogP contribution in [0, 0.1) is 26.7 Å². The summed E-state index contributed by atoms with van der Waals surface area (Å²) < 4.78 is 29.2. The molecule has 0 aliphatic carbocycles. The Morgan fingerprint density at radius 1 is 0.850 bits per heavy atom. The number of hydrogen-bond donors (Lipinski definition) is 1. The van der Waals surface area contributed by atoms with Crippen molar-refractivity contribution in [2.75, 3.05) is 23.9 Å². The Kier molecular flexibility index (Phi) is 10.5. The lowest BCUT2D eigenvalue weighted by atomic mass is 10.1. The first-order valence-electron chi connectivity index (χ1n) is 13.7. The summed E-state index contributed by atoms with van der Waals surface area (Å²) in [5, 5.41) is 2.91. The minimum absolute atomic E-state index is 0.102. The zero-order valence-electron chi connectivity index (χ0n) is 24.3. The van der Waals surface area contributed by atoms with Gasteiger partial charge in [0.1, 0.15) is 12.6 Å². The van der Waals surface area contributed by atoms with E-state index in [9.17, 15) is 18.0 Å². The average Bonchev–Trinajstić information content (AvgIpc) is 2.92. The van der Waals surface area contributed by atoms with Crippen LogP contribution in [-0.4, -0.2) is 50.8 Å². The van der Waals surface area contributed by atoms with Crippen LogP contribution in [0.25, 0.3) is 0 Å². The number of carbonyl (C=O) groups is 2. The molecule has 8 heteroatoms. The molecule has 0 bridgehead atoms. The van der Waals surface area contributed by atoms with E-state index in [1.807, 2.05) is 71.0 Å². The highest BCUT2D eigenvalue weighted by molar-refractivity contribution is 7.92. The maximum atomic E-state index is 14.0.